The normalized spacial score (nSPS) is 14.2. The lowest BCUT2D eigenvalue weighted by molar-refractivity contribution is 0.251. The van der Waals surface area contributed by atoms with Crippen LogP contribution in [0, 0.1) is 5.92 Å². The van der Waals surface area contributed by atoms with Gasteiger partial charge in [0.1, 0.15) is 5.75 Å². The molecule has 1 fully saturated rings. The Bertz CT molecular complexity index is 419. The van der Waals surface area contributed by atoms with Crippen LogP contribution in [0.2, 0.25) is 5.02 Å². The number of carbonyl (C=O) groups is 1. The third-order valence-corrected chi connectivity index (χ3v) is 2.99. The molecule has 2 amide bonds. The van der Waals surface area contributed by atoms with Gasteiger partial charge in [-0.15, -0.1) is 0 Å². The highest BCUT2D eigenvalue weighted by Crippen LogP contribution is 2.28. The second-order valence-electron chi connectivity index (χ2n) is 4.12. The number of carbonyl (C=O) groups excluding carboxylic acids is 1. The van der Waals surface area contributed by atoms with Crippen molar-refractivity contribution in [1.82, 2.24) is 5.32 Å². The molecule has 17 heavy (non-hydrogen) atoms. The van der Waals surface area contributed by atoms with Crippen molar-refractivity contribution in [2.75, 3.05) is 19.0 Å². The summed E-state index contributed by atoms with van der Waals surface area (Å²) < 4.78 is 5.03. The summed E-state index contributed by atoms with van der Waals surface area (Å²) in [6.45, 7) is 0.736. The standard InChI is InChI=1S/C12H15ClN2O2/c1-17-9-4-5-11(10(13)6-9)15-12(16)14-7-8-2-3-8/h4-6,8H,2-3,7H2,1H3,(H2,14,15,16). The van der Waals surface area contributed by atoms with Crippen molar-refractivity contribution < 1.29 is 9.53 Å². The maximum Gasteiger partial charge on any atom is 0.319 e. The number of rotatable bonds is 4. The second kappa shape index (κ2) is 5.27. The van der Waals surface area contributed by atoms with Crippen LogP contribution in [0.4, 0.5) is 10.5 Å². The molecule has 0 heterocycles. The van der Waals surface area contributed by atoms with Gasteiger partial charge in [0.15, 0.2) is 0 Å². The average molecular weight is 255 g/mol. The predicted molar refractivity (Wildman–Crippen MR) is 67.7 cm³/mol. The van der Waals surface area contributed by atoms with Gasteiger partial charge in [-0.25, -0.2) is 4.79 Å². The van der Waals surface area contributed by atoms with Crippen LogP contribution >= 0.6 is 11.6 Å². The smallest absolute Gasteiger partial charge is 0.319 e. The third-order valence-electron chi connectivity index (χ3n) is 2.67. The largest absolute Gasteiger partial charge is 0.497 e. The zero-order valence-electron chi connectivity index (χ0n) is 9.63. The molecule has 0 spiro atoms. The molecule has 2 rings (SSSR count). The van der Waals surface area contributed by atoms with E-state index in [4.69, 9.17) is 16.3 Å². The topological polar surface area (TPSA) is 50.4 Å². The van der Waals surface area contributed by atoms with Gasteiger partial charge in [0.2, 0.25) is 0 Å². The molecule has 1 aromatic rings. The van der Waals surface area contributed by atoms with Gasteiger partial charge in [0.25, 0.3) is 0 Å². The number of hydrogen-bond donors (Lipinski definition) is 2. The van der Waals surface area contributed by atoms with Crippen molar-refractivity contribution in [2.24, 2.45) is 5.92 Å². The number of methoxy groups -OCH3 is 1. The van der Waals surface area contributed by atoms with Crippen molar-refractivity contribution in [1.29, 1.82) is 0 Å². The molecule has 0 aliphatic heterocycles. The van der Waals surface area contributed by atoms with E-state index in [-0.39, 0.29) is 6.03 Å². The first-order valence-corrected chi connectivity index (χ1v) is 5.95. The van der Waals surface area contributed by atoms with Gasteiger partial charge in [-0.1, -0.05) is 11.6 Å². The van der Waals surface area contributed by atoms with E-state index in [2.05, 4.69) is 10.6 Å². The number of ether oxygens (including phenoxy) is 1. The maximum absolute atomic E-state index is 11.5. The van der Waals surface area contributed by atoms with Gasteiger partial charge >= 0.3 is 6.03 Å². The monoisotopic (exact) mass is 254 g/mol. The van der Waals surface area contributed by atoms with Gasteiger partial charge in [-0.2, -0.15) is 0 Å². The van der Waals surface area contributed by atoms with E-state index >= 15 is 0 Å². The van der Waals surface area contributed by atoms with E-state index < -0.39 is 0 Å². The SMILES string of the molecule is COc1ccc(NC(=O)NCC2CC2)c(Cl)c1. The van der Waals surface area contributed by atoms with Crippen LogP contribution in [0.15, 0.2) is 18.2 Å². The molecule has 92 valence electrons. The summed E-state index contributed by atoms with van der Waals surface area (Å²) in [4.78, 5) is 11.5. The van der Waals surface area contributed by atoms with Gasteiger partial charge in [-0.05, 0) is 30.9 Å². The molecular formula is C12H15ClN2O2. The van der Waals surface area contributed by atoms with Crippen LogP contribution in [0.1, 0.15) is 12.8 Å². The minimum atomic E-state index is -0.219. The summed E-state index contributed by atoms with van der Waals surface area (Å²) in [7, 11) is 1.57. The fourth-order valence-corrected chi connectivity index (χ4v) is 1.67. The first-order valence-electron chi connectivity index (χ1n) is 5.57. The van der Waals surface area contributed by atoms with E-state index in [0.29, 0.717) is 22.4 Å². The van der Waals surface area contributed by atoms with Gasteiger partial charge in [0, 0.05) is 12.6 Å². The van der Waals surface area contributed by atoms with Crippen molar-refractivity contribution in [3.05, 3.63) is 23.2 Å². The summed E-state index contributed by atoms with van der Waals surface area (Å²) in [5.41, 5.74) is 0.584. The Morgan fingerprint density at radius 3 is 2.88 bits per heavy atom. The van der Waals surface area contributed by atoms with Crippen molar-refractivity contribution >= 4 is 23.3 Å². The van der Waals surface area contributed by atoms with Crippen LogP contribution in [0.25, 0.3) is 0 Å². The van der Waals surface area contributed by atoms with Gasteiger partial charge in [0.05, 0.1) is 17.8 Å². The van der Waals surface area contributed by atoms with Gasteiger partial charge < -0.3 is 15.4 Å². The van der Waals surface area contributed by atoms with E-state index in [1.807, 2.05) is 0 Å². The van der Waals surface area contributed by atoms with Crippen LogP contribution in [-0.4, -0.2) is 19.7 Å². The van der Waals surface area contributed by atoms with Crippen molar-refractivity contribution in [3.8, 4) is 5.75 Å². The van der Waals surface area contributed by atoms with E-state index in [1.54, 1.807) is 25.3 Å². The Labute approximate surface area is 105 Å². The minimum absolute atomic E-state index is 0.219. The molecule has 0 aromatic heterocycles. The summed E-state index contributed by atoms with van der Waals surface area (Å²) in [5, 5.41) is 5.98. The molecule has 0 bridgehead atoms. The number of urea groups is 1. The number of halogens is 1. The number of nitrogens with one attached hydrogen (secondary N) is 2. The summed E-state index contributed by atoms with van der Waals surface area (Å²) in [6, 6.07) is 4.92. The molecule has 0 saturated heterocycles. The number of amides is 2. The Kier molecular flexibility index (Phi) is 3.74. The van der Waals surface area contributed by atoms with Crippen LogP contribution in [0.5, 0.6) is 5.75 Å². The number of benzene rings is 1. The highest BCUT2D eigenvalue weighted by atomic mass is 35.5. The quantitative estimate of drug-likeness (QED) is 0.868. The maximum atomic E-state index is 11.5. The lowest BCUT2D eigenvalue weighted by atomic mass is 10.3. The summed E-state index contributed by atoms with van der Waals surface area (Å²) in [6.07, 6.45) is 2.42. The summed E-state index contributed by atoms with van der Waals surface area (Å²) in [5.74, 6) is 1.33. The van der Waals surface area contributed by atoms with Crippen molar-refractivity contribution in [3.63, 3.8) is 0 Å². The summed E-state index contributed by atoms with van der Waals surface area (Å²) >= 11 is 6.00. The van der Waals surface area contributed by atoms with Crippen molar-refractivity contribution in [2.45, 2.75) is 12.8 Å². The molecule has 1 aromatic carbocycles. The van der Waals surface area contributed by atoms with E-state index in [9.17, 15) is 4.79 Å². The fraction of sp³-hybridized carbons (Fsp3) is 0.417. The molecular weight excluding hydrogens is 240 g/mol. The van der Waals surface area contributed by atoms with Gasteiger partial charge in [-0.3, -0.25) is 0 Å². The lowest BCUT2D eigenvalue weighted by Crippen LogP contribution is -2.30. The van der Waals surface area contributed by atoms with E-state index in [0.717, 1.165) is 6.54 Å². The molecule has 1 aliphatic carbocycles. The average Bonchev–Trinajstić information content (AvgIpc) is 3.13. The molecule has 1 aliphatic rings. The molecule has 0 atom stereocenters. The Hall–Kier alpha value is -1.42. The zero-order valence-corrected chi connectivity index (χ0v) is 10.4. The first kappa shape index (κ1) is 12.0. The van der Waals surface area contributed by atoms with E-state index in [1.165, 1.54) is 12.8 Å². The second-order valence-corrected chi connectivity index (χ2v) is 4.53. The Morgan fingerprint density at radius 1 is 1.53 bits per heavy atom. The zero-order chi connectivity index (χ0) is 12.3. The fourth-order valence-electron chi connectivity index (χ4n) is 1.45. The molecule has 0 radical (unpaired) electrons. The predicted octanol–water partition coefficient (Wildman–Crippen LogP) is 2.88. The minimum Gasteiger partial charge on any atom is -0.497 e. The Morgan fingerprint density at radius 2 is 2.29 bits per heavy atom. The van der Waals surface area contributed by atoms with Crippen LogP contribution < -0.4 is 15.4 Å². The molecule has 5 heteroatoms. The molecule has 1 saturated carbocycles. The molecule has 0 unspecified atom stereocenters. The molecule has 4 nitrogen and oxygen atoms in total. The highest BCUT2D eigenvalue weighted by Gasteiger charge is 2.21. The lowest BCUT2D eigenvalue weighted by Gasteiger charge is -2.09. The molecule has 2 N–H and O–H groups in total. The van der Waals surface area contributed by atoms with Crippen LogP contribution in [-0.2, 0) is 0 Å². The number of anilines is 1. The highest BCUT2D eigenvalue weighted by molar-refractivity contribution is 6.33. The Balaban J connectivity index is 1.90. The first-order chi connectivity index (χ1) is 8.19. The third kappa shape index (κ3) is 3.53. The number of hydrogen-bond acceptors (Lipinski definition) is 2. The van der Waals surface area contributed by atoms with Crippen LogP contribution in [0.3, 0.4) is 0 Å².